The first-order valence-corrected chi connectivity index (χ1v) is 10.5. The van der Waals surface area contributed by atoms with Crippen LogP contribution in [0.5, 0.6) is 0 Å². The molecule has 3 aromatic rings. The number of rotatable bonds is 5. The maximum atomic E-state index is 12.6. The van der Waals surface area contributed by atoms with E-state index in [0.717, 1.165) is 23.3 Å². The minimum absolute atomic E-state index is 0.0477. The molecule has 1 fully saturated rings. The Bertz CT molecular complexity index is 985. The Balaban J connectivity index is 1.49. The maximum Gasteiger partial charge on any atom is 0.251 e. The van der Waals surface area contributed by atoms with Gasteiger partial charge in [-0.3, -0.25) is 0 Å². The van der Waals surface area contributed by atoms with Crippen molar-refractivity contribution < 1.29 is 8.42 Å². The molecule has 0 amide bonds. The van der Waals surface area contributed by atoms with Crippen molar-refractivity contribution in [3.8, 4) is 10.6 Å². The van der Waals surface area contributed by atoms with Crippen molar-refractivity contribution in [3.63, 3.8) is 0 Å². The van der Waals surface area contributed by atoms with Crippen molar-refractivity contribution in [2.24, 2.45) is 0 Å². The van der Waals surface area contributed by atoms with Gasteiger partial charge in [-0.25, -0.2) is 18.1 Å². The molecule has 0 spiro atoms. The van der Waals surface area contributed by atoms with Crippen molar-refractivity contribution in [2.75, 3.05) is 0 Å². The molecule has 0 radical (unpaired) electrons. The quantitative estimate of drug-likeness (QED) is 0.706. The molecular weight excluding hydrogens is 376 g/mol. The number of aromatic nitrogens is 1. The second-order valence-corrected chi connectivity index (χ2v) is 9.38. The standard InChI is InChI=1S/C18H15ClN2O2S2/c19-14-8-6-13(7-9-14)18-20-11-17(24-18)25(22,23)21-16-10-15(16)12-4-2-1-3-5-12/h1-9,11,15-16,21H,10H2/t15-,16+/m1/s1. The fourth-order valence-electron chi connectivity index (χ4n) is 2.76. The van der Waals surface area contributed by atoms with Gasteiger partial charge < -0.3 is 0 Å². The highest BCUT2D eigenvalue weighted by atomic mass is 35.5. The van der Waals surface area contributed by atoms with Gasteiger partial charge in [0.1, 0.15) is 5.01 Å². The highest BCUT2D eigenvalue weighted by molar-refractivity contribution is 7.91. The van der Waals surface area contributed by atoms with Crippen LogP contribution in [0.4, 0.5) is 0 Å². The van der Waals surface area contributed by atoms with Crippen LogP contribution in [-0.2, 0) is 10.0 Å². The first kappa shape index (κ1) is 16.7. The smallest absolute Gasteiger partial charge is 0.243 e. The molecule has 0 unspecified atom stereocenters. The van der Waals surface area contributed by atoms with E-state index in [1.165, 1.54) is 11.8 Å². The lowest BCUT2D eigenvalue weighted by molar-refractivity contribution is 0.582. The molecule has 4 rings (SSSR count). The van der Waals surface area contributed by atoms with Crippen molar-refractivity contribution in [1.82, 2.24) is 9.71 Å². The molecule has 1 aliphatic carbocycles. The van der Waals surface area contributed by atoms with E-state index in [-0.39, 0.29) is 16.2 Å². The molecule has 1 heterocycles. The van der Waals surface area contributed by atoms with Gasteiger partial charge in [0.05, 0.1) is 6.20 Å². The van der Waals surface area contributed by atoms with E-state index in [1.807, 2.05) is 42.5 Å². The minimum atomic E-state index is -3.55. The normalized spacial score (nSPS) is 19.7. The van der Waals surface area contributed by atoms with Crippen LogP contribution in [0.1, 0.15) is 17.9 Å². The Hall–Kier alpha value is -1.73. The minimum Gasteiger partial charge on any atom is -0.243 e. The van der Waals surface area contributed by atoms with Crippen LogP contribution in [-0.4, -0.2) is 19.4 Å². The summed E-state index contributed by atoms with van der Waals surface area (Å²) >= 11 is 7.04. The Morgan fingerprint density at radius 2 is 1.80 bits per heavy atom. The maximum absolute atomic E-state index is 12.6. The van der Waals surface area contributed by atoms with Crippen LogP contribution in [0, 0.1) is 0 Å². The molecule has 0 aliphatic heterocycles. The predicted octanol–water partition coefficient (Wildman–Crippen LogP) is 4.30. The Kier molecular flexibility index (Phi) is 4.37. The SMILES string of the molecule is O=S(=O)(N[C@H]1C[C@@H]1c1ccccc1)c1cnc(-c2ccc(Cl)cc2)s1. The molecule has 1 aromatic heterocycles. The van der Waals surface area contributed by atoms with Gasteiger partial charge >= 0.3 is 0 Å². The molecular formula is C18H15ClN2O2S2. The van der Waals surface area contributed by atoms with Gasteiger partial charge in [0, 0.05) is 22.5 Å². The van der Waals surface area contributed by atoms with Crippen molar-refractivity contribution in [1.29, 1.82) is 0 Å². The van der Waals surface area contributed by atoms with Crippen LogP contribution in [0.2, 0.25) is 5.02 Å². The largest absolute Gasteiger partial charge is 0.251 e. The fourth-order valence-corrected chi connectivity index (χ4v) is 5.33. The molecule has 0 saturated heterocycles. The zero-order valence-electron chi connectivity index (χ0n) is 13.1. The molecule has 25 heavy (non-hydrogen) atoms. The molecule has 1 aliphatic rings. The molecule has 2 atom stereocenters. The van der Waals surface area contributed by atoms with E-state index < -0.39 is 10.0 Å². The molecule has 7 heteroatoms. The number of benzene rings is 2. The summed E-state index contributed by atoms with van der Waals surface area (Å²) in [6, 6.07) is 17.1. The van der Waals surface area contributed by atoms with Crippen LogP contribution in [0.25, 0.3) is 10.6 Å². The third-order valence-electron chi connectivity index (χ3n) is 4.17. The van der Waals surface area contributed by atoms with Gasteiger partial charge in [0.2, 0.25) is 0 Å². The van der Waals surface area contributed by atoms with Gasteiger partial charge in [0.25, 0.3) is 10.0 Å². The molecule has 1 saturated carbocycles. The van der Waals surface area contributed by atoms with Gasteiger partial charge in [-0.2, -0.15) is 0 Å². The van der Waals surface area contributed by atoms with Crippen LogP contribution < -0.4 is 4.72 Å². The Morgan fingerprint density at radius 3 is 2.52 bits per heavy atom. The zero-order chi connectivity index (χ0) is 17.4. The lowest BCUT2D eigenvalue weighted by Gasteiger charge is -2.04. The highest BCUT2D eigenvalue weighted by Gasteiger charge is 2.41. The lowest BCUT2D eigenvalue weighted by Crippen LogP contribution is -2.26. The molecule has 128 valence electrons. The van der Waals surface area contributed by atoms with E-state index in [4.69, 9.17) is 11.6 Å². The van der Waals surface area contributed by atoms with E-state index in [1.54, 1.807) is 12.1 Å². The summed E-state index contributed by atoms with van der Waals surface area (Å²) in [4.78, 5) is 4.24. The van der Waals surface area contributed by atoms with Crippen molar-refractivity contribution in [3.05, 3.63) is 71.4 Å². The monoisotopic (exact) mass is 390 g/mol. The average molecular weight is 391 g/mol. The molecule has 4 nitrogen and oxygen atoms in total. The van der Waals surface area contributed by atoms with Crippen molar-refractivity contribution in [2.45, 2.75) is 22.6 Å². The first-order valence-electron chi connectivity index (χ1n) is 7.82. The summed E-state index contributed by atoms with van der Waals surface area (Å²) in [5.74, 6) is 0.250. The summed E-state index contributed by atoms with van der Waals surface area (Å²) in [5.41, 5.74) is 2.02. The van der Waals surface area contributed by atoms with Crippen molar-refractivity contribution >= 4 is 33.0 Å². The predicted molar refractivity (Wildman–Crippen MR) is 100 cm³/mol. The lowest BCUT2D eigenvalue weighted by atomic mass is 10.1. The number of nitrogens with one attached hydrogen (secondary N) is 1. The molecule has 0 bridgehead atoms. The fraction of sp³-hybridized carbons (Fsp3) is 0.167. The Morgan fingerprint density at radius 1 is 1.08 bits per heavy atom. The summed E-state index contributed by atoms with van der Waals surface area (Å²) in [6.07, 6.45) is 2.24. The van der Waals surface area contributed by atoms with Crippen LogP contribution in [0.3, 0.4) is 0 Å². The number of thiazole rings is 1. The molecule has 1 N–H and O–H groups in total. The van der Waals surface area contributed by atoms with E-state index in [2.05, 4.69) is 9.71 Å². The number of nitrogens with zero attached hydrogens (tertiary/aromatic N) is 1. The second-order valence-electron chi connectivity index (χ2n) is 5.97. The van der Waals surface area contributed by atoms with E-state index >= 15 is 0 Å². The van der Waals surface area contributed by atoms with Crippen LogP contribution in [0.15, 0.2) is 65.0 Å². The number of sulfonamides is 1. The molecule has 2 aromatic carbocycles. The summed E-state index contributed by atoms with van der Waals surface area (Å²) in [7, 11) is -3.55. The Labute approximate surface area is 155 Å². The topological polar surface area (TPSA) is 59.1 Å². The van der Waals surface area contributed by atoms with Gasteiger partial charge in [-0.1, -0.05) is 54.1 Å². The summed E-state index contributed by atoms with van der Waals surface area (Å²) in [5, 5.41) is 1.29. The third-order valence-corrected chi connectivity index (χ3v) is 7.41. The summed E-state index contributed by atoms with van der Waals surface area (Å²) in [6.45, 7) is 0. The van der Waals surface area contributed by atoms with E-state index in [9.17, 15) is 8.42 Å². The number of halogens is 1. The number of hydrogen-bond acceptors (Lipinski definition) is 4. The zero-order valence-corrected chi connectivity index (χ0v) is 15.5. The van der Waals surface area contributed by atoms with Gasteiger partial charge in [0.15, 0.2) is 4.21 Å². The van der Waals surface area contributed by atoms with E-state index in [0.29, 0.717) is 10.0 Å². The second kappa shape index (κ2) is 6.53. The van der Waals surface area contributed by atoms with Crippen LogP contribution >= 0.6 is 22.9 Å². The van der Waals surface area contributed by atoms with Gasteiger partial charge in [-0.15, -0.1) is 11.3 Å². The average Bonchev–Trinajstić information content (AvgIpc) is 3.17. The number of hydrogen-bond donors (Lipinski definition) is 1. The van der Waals surface area contributed by atoms with Gasteiger partial charge in [-0.05, 0) is 24.1 Å². The summed E-state index contributed by atoms with van der Waals surface area (Å²) < 4.78 is 28.2. The third kappa shape index (κ3) is 3.62. The highest BCUT2D eigenvalue weighted by Crippen LogP contribution is 2.41. The first-order chi connectivity index (χ1) is 12.0.